The summed E-state index contributed by atoms with van der Waals surface area (Å²) in [5, 5.41) is -0.915. The number of nitrogens with zero attached hydrogens (tertiary/aromatic N) is 2. The molecule has 0 spiro atoms. The maximum atomic E-state index is 12.4. The van der Waals surface area contributed by atoms with E-state index in [-0.39, 0.29) is 22.9 Å². The van der Waals surface area contributed by atoms with Crippen LogP contribution in [-0.4, -0.2) is 45.2 Å². The lowest BCUT2D eigenvalue weighted by Gasteiger charge is -2.17. The highest BCUT2D eigenvalue weighted by Gasteiger charge is 2.39. The van der Waals surface area contributed by atoms with Crippen molar-refractivity contribution in [1.82, 2.24) is 9.80 Å². The smallest absolute Gasteiger partial charge is 0.293 e. The van der Waals surface area contributed by atoms with Crippen molar-refractivity contribution in [2.24, 2.45) is 0 Å². The molecule has 2 aliphatic heterocycles. The molecule has 4 amide bonds. The Hall–Kier alpha value is -2.98. The highest BCUT2D eigenvalue weighted by molar-refractivity contribution is 8.18. The molecule has 0 bridgehead atoms. The van der Waals surface area contributed by atoms with Gasteiger partial charge in [0.1, 0.15) is 11.5 Å². The molecule has 0 atom stereocenters. The summed E-state index contributed by atoms with van der Waals surface area (Å²) in [4.78, 5) is 51.7. The van der Waals surface area contributed by atoms with Crippen molar-refractivity contribution in [1.29, 1.82) is 0 Å². The first-order chi connectivity index (χ1) is 13.5. The van der Waals surface area contributed by atoms with Gasteiger partial charge in [-0.3, -0.25) is 29.0 Å². The predicted octanol–water partition coefficient (Wildman–Crippen LogP) is 3.65. The van der Waals surface area contributed by atoms with Crippen molar-refractivity contribution in [3.05, 3.63) is 58.1 Å². The summed E-state index contributed by atoms with van der Waals surface area (Å²) in [5.41, 5.74) is 0. The zero-order valence-electron chi connectivity index (χ0n) is 14.2. The molecule has 28 heavy (non-hydrogen) atoms. The summed E-state index contributed by atoms with van der Waals surface area (Å²) >= 11 is 1.58. The van der Waals surface area contributed by atoms with Crippen LogP contribution in [0.5, 0.6) is 0 Å². The average Bonchev–Trinajstić information content (AvgIpc) is 3.43. The quantitative estimate of drug-likeness (QED) is 0.681. The molecule has 142 valence electrons. The summed E-state index contributed by atoms with van der Waals surface area (Å²) < 4.78 is 10.3. The normalized spacial score (nSPS) is 20.4. The van der Waals surface area contributed by atoms with Crippen LogP contribution in [0.2, 0.25) is 0 Å². The zero-order valence-corrected chi connectivity index (χ0v) is 15.8. The van der Waals surface area contributed by atoms with E-state index < -0.39 is 22.3 Å². The van der Waals surface area contributed by atoms with Gasteiger partial charge in [0, 0.05) is 25.2 Å². The number of carbonyl (C=O) groups is 4. The van der Waals surface area contributed by atoms with Gasteiger partial charge >= 0.3 is 0 Å². The number of hydrogen-bond acceptors (Lipinski definition) is 8. The number of imide groups is 2. The van der Waals surface area contributed by atoms with Crippen molar-refractivity contribution >= 4 is 58.0 Å². The fourth-order valence-corrected chi connectivity index (χ4v) is 4.28. The SMILES string of the molecule is O=C1S/C(=C/c2ccco2)C(=O)N1CCN1C(=O)S/C(=C/c2ccco2)C1=O. The van der Waals surface area contributed by atoms with Crippen molar-refractivity contribution < 1.29 is 28.0 Å². The first kappa shape index (κ1) is 18.4. The van der Waals surface area contributed by atoms with Crippen LogP contribution in [0.3, 0.4) is 0 Å². The van der Waals surface area contributed by atoms with E-state index in [4.69, 9.17) is 8.83 Å². The molecule has 2 aromatic rings. The monoisotopic (exact) mass is 416 g/mol. The molecule has 0 saturated carbocycles. The van der Waals surface area contributed by atoms with Gasteiger partial charge in [0.15, 0.2) is 0 Å². The largest absolute Gasteiger partial charge is 0.465 e. The molecular weight excluding hydrogens is 404 g/mol. The van der Waals surface area contributed by atoms with E-state index in [9.17, 15) is 19.2 Å². The third-order valence-electron chi connectivity index (χ3n) is 3.93. The Kier molecular flexibility index (Phi) is 4.97. The molecule has 0 aliphatic carbocycles. The number of hydrogen-bond donors (Lipinski definition) is 0. The summed E-state index contributed by atoms with van der Waals surface area (Å²) in [6.07, 6.45) is 5.90. The average molecular weight is 416 g/mol. The van der Waals surface area contributed by atoms with Gasteiger partial charge in [-0.25, -0.2) is 0 Å². The fourth-order valence-electron chi connectivity index (χ4n) is 2.59. The Morgan fingerprint density at radius 2 is 1.18 bits per heavy atom. The summed E-state index contributed by atoms with van der Waals surface area (Å²) in [7, 11) is 0. The Labute approximate surface area is 167 Å². The van der Waals surface area contributed by atoms with Gasteiger partial charge in [-0.05, 0) is 47.8 Å². The minimum Gasteiger partial charge on any atom is -0.465 e. The van der Waals surface area contributed by atoms with Gasteiger partial charge in [0.2, 0.25) is 0 Å². The van der Waals surface area contributed by atoms with E-state index in [2.05, 4.69) is 0 Å². The summed E-state index contributed by atoms with van der Waals surface area (Å²) in [6.45, 7) is -0.154. The van der Waals surface area contributed by atoms with Crippen LogP contribution in [0.1, 0.15) is 11.5 Å². The molecule has 0 N–H and O–H groups in total. The predicted molar refractivity (Wildman–Crippen MR) is 103 cm³/mol. The second-order valence-corrected chi connectivity index (χ2v) is 7.68. The highest BCUT2D eigenvalue weighted by Crippen LogP contribution is 2.34. The van der Waals surface area contributed by atoms with Crippen molar-refractivity contribution in [3.63, 3.8) is 0 Å². The van der Waals surface area contributed by atoms with Crippen LogP contribution in [-0.2, 0) is 9.59 Å². The van der Waals surface area contributed by atoms with Gasteiger partial charge in [0.25, 0.3) is 22.3 Å². The van der Waals surface area contributed by atoms with Crippen molar-refractivity contribution in [2.75, 3.05) is 13.1 Å². The standard InChI is InChI=1S/C18H12N2O6S2/c21-15-13(9-11-3-1-7-25-11)27-17(23)19(15)5-6-20-16(22)14(28-18(20)24)10-12-4-2-8-26-12/h1-4,7-10H,5-6H2/b13-9+,14-10+. The maximum absolute atomic E-state index is 12.4. The second kappa shape index (κ2) is 7.56. The first-order valence-corrected chi connectivity index (χ1v) is 9.74. The number of furan rings is 2. The van der Waals surface area contributed by atoms with Gasteiger partial charge in [-0.1, -0.05) is 0 Å². The number of thioether (sulfide) groups is 2. The molecule has 4 heterocycles. The van der Waals surface area contributed by atoms with Crippen molar-refractivity contribution in [2.45, 2.75) is 0 Å². The first-order valence-electron chi connectivity index (χ1n) is 8.10. The minimum absolute atomic E-state index is 0.0771. The molecule has 2 fully saturated rings. The summed E-state index contributed by atoms with van der Waals surface area (Å²) in [6, 6.07) is 6.68. The Morgan fingerprint density at radius 3 is 1.54 bits per heavy atom. The van der Waals surface area contributed by atoms with Gasteiger partial charge in [-0.15, -0.1) is 0 Å². The van der Waals surface area contributed by atoms with Gasteiger partial charge in [0.05, 0.1) is 22.3 Å². The highest BCUT2D eigenvalue weighted by atomic mass is 32.2. The molecule has 8 nitrogen and oxygen atoms in total. The maximum Gasteiger partial charge on any atom is 0.293 e. The number of amides is 4. The Bertz CT molecular complexity index is 925. The molecule has 0 radical (unpaired) electrons. The lowest BCUT2D eigenvalue weighted by molar-refractivity contribution is -0.125. The van der Waals surface area contributed by atoms with E-state index >= 15 is 0 Å². The third kappa shape index (κ3) is 3.56. The molecule has 10 heteroatoms. The molecule has 2 aromatic heterocycles. The van der Waals surface area contributed by atoms with E-state index in [0.717, 1.165) is 33.3 Å². The Balaban J connectivity index is 1.43. The van der Waals surface area contributed by atoms with Crippen LogP contribution >= 0.6 is 23.5 Å². The van der Waals surface area contributed by atoms with E-state index in [0.29, 0.717) is 11.5 Å². The number of carbonyl (C=O) groups excluding carboxylic acids is 4. The fraction of sp³-hybridized carbons (Fsp3) is 0.111. The van der Waals surface area contributed by atoms with Crippen LogP contribution in [0.4, 0.5) is 9.59 Å². The Morgan fingerprint density at radius 1 is 0.750 bits per heavy atom. The lowest BCUT2D eigenvalue weighted by atomic mass is 10.3. The van der Waals surface area contributed by atoms with Gasteiger partial charge in [-0.2, -0.15) is 0 Å². The van der Waals surface area contributed by atoms with E-state index in [1.807, 2.05) is 0 Å². The van der Waals surface area contributed by atoms with Crippen LogP contribution in [0.15, 0.2) is 55.4 Å². The van der Waals surface area contributed by atoms with Crippen LogP contribution in [0, 0.1) is 0 Å². The third-order valence-corrected chi connectivity index (χ3v) is 5.74. The van der Waals surface area contributed by atoms with Crippen LogP contribution in [0.25, 0.3) is 12.2 Å². The molecule has 2 saturated heterocycles. The van der Waals surface area contributed by atoms with Crippen molar-refractivity contribution in [3.8, 4) is 0 Å². The zero-order chi connectivity index (χ0) is 19.7. The minimum atomic E-state index is -0.482. The van der Waals surface area contributed by atoms with Crippen LogP contribution < -0.4 is 0 Å². The summed E-state index contributed by atoms with van der Waals surface area (Å²) in [5.74, 6) is -0.0481. The van der Waals surface area contributed by atoms with Gasteiger partial charge < -0.3 is 8.83 Å². The second-order valence-electron chi connectivity index (χ2n) is 5.70. The number of rotatable bonds is 5. The molecule has 0 aromatic carbocycles. The lowest BCUT2D eigenvalue weighted by Crippen LogP contribution is -2.39. The van der Waals surface area contributed by atoms with E-state index in [1.165, 1.54) is 24.7 Å². The molecule has 4 rings (SSSR count). The topological polar surface area (TPSA) is 101 Å². The van der Waals surface area contributed by atoms with E-state index in [1.54, 1.807) is 24.3 Å². The molecular formula is C18H12N2O6S2. The molecule has 2 aliphatic rings. The molecule has 0 unspecified atom stereocenters.